The first-order valence-corrected chi connectivity index (χ1v) is 18.1. The normalized spacial score (nSPS) is 17.3. The van der Waals surface area contributed by atoms with E-state index in [1.165, 1.54) is 89.2 Å². The third-order valence-corrected chi connectivity index (χ3v) is 13.0. The molecule has 3 heterocycles. The first-order valence-electron chi connectivity index (χ1n) is 15.7. The van der Waals surface area contributed by atoms with E-state index < -0.39 is 10.0 Å². The Balaban J connectivity index is 1.44. The minimum atomic E-state index is -1.14. The number of anilines is 4. The first-order chi connectivity index (χ1) is 21.1. The molecule has 0 aliphatic carbocycles. The predicted octanol–water partition coefficient (Wildman–Crippen LogP) is 10.6. The van der Waals surface area contributed by atoms with E-state index in [9.17, 15) is 0 Å². The summed E-state index contributed by atoms with van der Waals surface area (Å²) >= 11 is 0. The number of benzene rings is 6. The molecule has 0 N–H and O–H groups in total. The van der Waals surface area contributed by atoms with E-state index in [1.807, 2.05) is 0 Å². The topological polar surface area (TPSA) is 6.48 Å². The van der Waals surface area contributed by atoms with E-state index in [1.54, 1.807) is 0 Å². The van der Waals surface area contributed by atoms with Crippen molar-refractivity contribution >= 4 is 54.3 Å². The maximum atomic E-state index is 2.65. The van der Waals surface area contributed by atoms with E-state index in [0.717, 1.165) is 25.9 Å². The lowest BCUT2D eigenvalue weighted by Gasteiger charge is -2.37. The Kier molecular flexibility index (Phi) is 5.53. The highest BCUT2D eigenvalue weighted by molar-refractivity contribution is 8.33. The van der Waals surface area contributed by atoms with Crippen molar-refractivity contribution in [3.05, 3.63) is 120 Å². The van der Waals surface area contributed by atoms with Gasteiger partial charge in [-0.05, 0) is 90.8 Å². The maximum Gasteiger partial charge on any atom is 0.0572 e. The summed E-state index contributed by atoms with van der Waals surface area (Å²) in [5.74, 6) is 0. The SMILES string of the molecule is CS1(C)c2ccccc2-c2cc3c(N4CCCc5ccccc54)c4ccccc4c(N4CCCc5ccccc54)c3cc21. The fraction of sp³-hybridized carbons (Fsp3) is 0.200. The highest BCUT2D eigenvalue weighted by atomic mass is 32.3. The van der Waals surface area contributed by atoms with Crippen LogP contribution in [0.25, 0.3) is 32.7 Å². The molecule has 0 bridgehead atoms. The molecule has 9 rings (SSSR count). The molecule has 6 aromatic rings. The Labute approximate surface area is 255 Å². The van der Waals surface area contributed by atoms with Gasteiger partial charge >= 0.3 is 0 Å². The third kappa shape index (κ3) is 3.61. The fourth-order valence-electron chi connectivity index (χ4n) is 8.16. The molecule has 0 saturated carbocycles. The Morgan fingerprint density at radius 2 is 1.00 bits per heavy atom. The van der Waals surface area contributed by atoms with Crippen LogP contribution in [0.2, 0.25) is 0 Å². The second-order valence-electron chi connectivity index (χ2n) is 12.7. The molecule has 6 aromatic carbocycles. The largest absolute Gasteiger partial charge is 0.340 e. The Bertz CT molecular complexity index is 2090. The van der Waals surface area contributed by atoms with E-state index in [2.05, 4.69) is 132 Å². The van der Waals surface area contributed by atoms with Crippen LogP contribution in [0.15, 0.2) is 119 Å². The monoisotopic (exact) mass is 576 g/mol. The van der Waals surface area contributed by atoms with Gasteiger partial charge in [0.05, 0.1) is 11.4 Å². The maximum absolute atomic E-state index is 2.65. The molecular formula is C40H36N2S. The average Bonchev–Trinajstić information content (AvgIpc) is 3.28. The zero-order chi connectivity index (χ0) is 28.7. The van der Waals surface area contributed by atoms with Crippen LogP contribution in [0, 0.1) is 0 Å². The molecule has 3 aliphatic heterocycles. The van der Waals surface area contributed by atoms with Crippen LogP contribution in [-0.2, 0) is 12.8 Å². The standard InChI is InChI=1S/C40H36N2S/c1-43(2)37-22-10-7-17-29(37)32-25-33-34(26-38(32)43)40(42-24-12-16-28-14-4-9-21-36(28)42)31-19-6-5-18-30(31)39(33)41-23-11-15-27-13-3-8-20-35(27)41/h3-10,13-14,17-22,25-26H,11-12,15-16,23-24H2,1-2H3. The molecule has 0 saturated heterocycles. The summed E-state index contributed by atoms with van der Waals surface area (Å²) in [6.45, 7) is 2.07. The predicted molar refractivity (Wildman–Crippen MR) is 186 cm³/mol. The number of fused-ring (bicyclic) bond motifs is 7. The molecule has 3 aliphatic rings. The van der Waals surface area contributed by atoms with Crippen molar-refractivity contribution in [2.24, 2.45) is 0 Å². The van der Waals surface area contributed by atoms with E-state index in [-0.39, 0.29) is 0 Å². The molecule has 0 fully saturated rings. The summed E-state index contributed by atoms with van der Waals surface area (Å²) in [5.41, 5.74) is 11.2. The molecule has 0 aromatic heterocycles. The van der Waals surface area contributed by atoms with Gasteiger partial charge in [-0.1, -0.05) is 78.9 Å². The van der Waals surface area contributed by atoms with Gasteiger partial charge in [0.2, 0.25) is 0 Å². The summed E-state index contributed by atoms with van der Waals surface area (Å²) in [5, 5.41) is 5.47. The zero-order valence-corrected chi connectivity index (χ0v) is 25.8. The van der Waals surface area contributed by atoms with Crippen LogP contribution in [0.3, 0.4) is 0 Å². The van der Waals surface area contributed by atoms with Gasteiger partial charge in [-0.3, -0.25) is 0 Å². The number of hydrogen-bond donors (Lipinski definition) is 0. The second-order valence-corrected chi connectivity index (χ2v) is 16.3. The fourth-order valence-corrected chi connectivity index (χ4v) is 10.7. The average molecular weight is 577 g/mol. The van der Waals surface area contributed by atoms with Gasteiger partial charge in [0.25, 0.3) is 0 Å². The first kappa shape index (κ1) is 25.3. The zero-order valence-electron chi connectivity index (χ0n) is 24.9. The van der Waals surface area contributed by atoms with Crippen molar-refractivity contribution < 1.29 is 0 Å². The van der Waals surface area contributed by atoms with E-state index in [0.29, 0.717) is 0 Å². The van der Waals surface area contributed by atoms with Crippen molar-refractivity contribution in [2.75, 3.05) is 35.4 Å². The minimum absolute atomic E-state index is 1.03. The number of nitrogens with zero attached hydrogens (tertiary/aromatic N) is 2. The van der Waals surface area contributed by atoms with Gasteiger partial charge in [-0.2, -0.15) is 10.0 Å². The van der Waals surface area contributed by atoms with Crippen molar-refractivity contribution in [1.29, 1.82) is 0 Å². The van der Waals surface area contributed by atoms with Crippen molar-refractivity contribution in [1.82, 2.24) is 0 Å². The number of para-hydroxylation sites is 2. The lowest BCUT2D eigenvalue weighted by Crippen LogP contribution is -2.27. The van der Waals surface area contributed by atoms with Crippen molar-refractivity contribution in [3.8, 4) is 11.1 Å². The molecule has 0 radical (unpaired) electrons. The van der Waals surface area contributed by atoms with E-state index in [4.69, 9.17) is 0 Å². The van der Waals surface area contributed by atoms with E-state index >= 15 is 0 Å². The smallest absolute Gasteiger partial charge is 0.0572 e. The molecule has 0 spiro atoms. The Hall–Kier alpha value is -4.21. The summed E-state index contributed by atoms with van der Waals surface area (Å²) in [6.07, 6.45) is 9.60. The Morgan fingerprint density at radius 3 is 1.63 bits per heavy atom. The summed E-state index contributed by atoms with van der Waals surface area (Å²) < 4.78 is 0. The van der Waals surface area contributed by atoms with Crippen LogP contribution < -0.4 is 9.80 Å². The van der Waals surface area contributed by atoms with Gasteiger partial charge in [0.1, 0.15) is 0 Å². The quantitative estimate of drug-likeness (QED) is 0.189. The number of hydrogen-bond acceptors (Lipinski definition) is 2. The van der Waals surface area contributed by atoms with Crippen molar-refractivity contribution in [2.45, 2.75) is 35.5 Å². The summed E-state index contributed by atoms with van der Waals surface area (Å²) in [6, 6.07) is 41.7. The van der Waals surface area contributed by atoms with Crippen LogP contribution in [0.5, 0.6) is 0 Å². The molecule has 0 atom stereocenters. The second kappa shape index (κ2) is 9.39. The highest BCUT2D eigenvalue weighted by Crippen LogP contribution is 2.68. The molecule has 43 heavy (non-hydrogen) atoms. The van der Waals surface area contributed by atoms with Gasteiger partial charge in [-0.15, -0.1) is 0 Å². The van der Waals surface area contributed by atoms with Crippen LogP contribution >= 0.6 is 10.0 Å². The number of aryl methyl sites for hydroxylation is 2. The Morgan fingerprint density at radius 1 is 0.488 bits per heavy atom. The minimum Gasteiger partial charge on any atom is -0.340 e. The molecule has 0 unspecified atom stereocenters. The molecule has 2 nitrogen and oxygen atoms in total. The lowest BCUT2D eigenvalue weighted by atomic mass is 9.91. The third-order valence-electron chi connectivity index (χ3n) is 10.1. The molecule has 3 heteroatoms. The van der Waals surface area contributed by atoms with Gasteiger partial charge in [-0.25, -0.2) is 0 Å². The van der Waals surface area contributed by atoms with Crippen LogP contribution in [-0.4, -0.2) is 25.6 Å². The summed E-state index contributed by atoms with van der Waals surface area (Å²) in [4.78, 5) is 8.32. The summed E-state index contributed by atoms with van der Waals surface area (Å²) in [7, 11) is -1.14. The van der Waals surface area contributed by atoms with Crippen LogP contribution in [0.1, 0.15) is 24.0 Å². The lowest BCUT2D eigenvalue weighted by molar-refractivity contribution is 0.768. The molecule has 212 valence electrons. The van der Waals surface area contributed by atoms with Gasteiger partial charge in [0.15, 0.2) is 0 Å². The van der Waals surface area contributed by atoms with Gasteiger partial charge in [0, 0.05) is 55.8 Å². The van der Waals surface area contributed by atoms with Crippen molar-refractivity contribution in [3.63, 3.8) is 0 Å². The van der Waals surface area contributed by atoms with Gasteiger partial charge < -0.3 is 9.80 Å². The highest BCUT2D eigenvalue weighted by Gasteiger charge is 2.34. The number of rotatable bonds is 2. The van der Waals surface area contributed by atoms with Crippen LogP contribution in [0.4, 0.5) is 22.7 Å². The molecular weight excluding hydrogens is 541 g/mol. The molecule has 0 amide bonds.